The Balaban J connectivity index is 2.58. The summed E-state index contributed by atoms with van der Waals surface area (Å²) in [6.45, 7) is 5.44. The molecule has 1 amide bonds. The van der Waals surface area contributed by atoms with Gasteiger partial charge in [-0.25, -0.2) is 0 Å². The van der Waals surface area contributed by atoms with Crippen LogP contribution >= 0.6 is 0 Å². The summed E-state index contributed by atoms with van der Waals surface area (Å²) in [5, 5.41) is 11.8. The summed E-state index contributed by atoms with van der Waals surface area (Å²) in [7, 11) is 0. The van der Waals surface area contributed by atoms with E-state index in [9.17, 15) is 9.59 Å². The Morgan fingerprint density at radius 2 is 2.16 bits per heavy atom. The molecule has 0 fully saturated rings. The van der Waals surface area contributed by atoms with Crippen LogP contribution in [0.4, 0.5) is 0 Å². The number of aromatic nitrogens is 1. The van der Waals surface area contributed by atoms with Crippen LogP contribution in [-0.2, 0) is 16.0 Å². The minimum Gasteiger partial charge on any atom is -0.481 e. The molecule has 5 heteroatoms. The fraction of sp³-hybridized carbons (Fsp3) is 0.500. The lowest BCUT2D eigenvalue weighted by molar-refractivity contribution is -0.148. The van der Waals surface area contributed by atoms with E-state index in [1.54, 1.807) is 20.0 Å². The van der Waals surface area contributed by atoms with Crippen LogP contribution in [-0.4, -0.2) is 28.5 Å². The second-order valence-electron chi connectivity index (χ2n) is 4.94. The maximum atomic E-state index is 11.8. The van der Waals surface area contributed by atoms with Crippen LogP contribution in [0, 0.1) is 12.3 Å². The van der Waals surface area contributed by atoms with Crippen LogP contribution in [0.25, 0.3) is 0 Å². The molecule has 1 aromatic heterocycles. The van der Waals surface area contributed by atoms with Crippen LogP contribution < -0.4 is 5.32 Å². The molecule has 0 aliphatic heterocycles. The lowest BCUT2D eigenvalue weighted by atomic mass is 9.87. The smallest absolute Gasteiger partial charge is 0.311 e. The quantitative estimate of drug-likeness (QED) is 0.817. The molecule has 19 heavy (non-hydrogen) atoms. The highest BCUT2D eigenvalue weighted by Gasteiger charge is 2.31. The number of carboxylic acid groups (broad SMARTS) is 1. The van der Waals surface area contributed by atoms with Crippen molar-refractivity contribution in [3.63, 3.8) is 0 Å². The number of hydrogen-bond acceptors (Lipinski definition) is 3. The van der Waals surface area contributed by atoms with E-state index in [2.05, 4.69) is 10.3 Å². The number of aryl methyl sites for hydroxylation is 1. The summed E-state index contributed by atoms with van der Waals surface area (Å²) in [6, 6.07) is 3.71. The number of nitrogens with zero attached hydrogens (tertiary/aromatic N) is 1. The molecule has 0 saturated carbocycles. The molecule has 5 nitrogen and oxygen atoms in total. The molecule has 0 bridgehead atoms. The normalized spacial score (nSPS) is 13.6. The Kier molecular flexibility index (Phi) is 5.03. The topological polar surface area (TPSA) is 79.3 Å². The van der Waals surface area contributed by atoms with Crippen molar-refractivity contribution >= 4 is 11.9 Å². The van der Waals surface area contributed by atoms with E-state index in [0.29, 0.717) is 12.1 Å². The SMILES string of the molecule is CCC(C)(CNC(=O)Cc1ncccc1C)C(=O)O. The summed E-state index contributed by atoms with van der Waals surface area (Å²) in [5.74, 6) is -1.10. The third kappa shape index (κ3) is 4.05. The molecule has 0 saturated heterocycles. The first-order valence-electron chi connectivity index (χ1n) is 6.29. The highest BCUT2D eigenvalue weighted by Crippen LogP contribution is 2.19. The summed E-state index contributed by atoms with van der Waals surface area (Å²) in [4.78, 5) is 27.1. The fourth-order valence-electron chi connectivity index (χ4n) is 1.56. The van der Waals surface area contributed by atoms with Gasteiger partial charge in [0.15, 0.2) is 0 Å². The molecule has 0 aliphatic carbocycles. The number of nitrogens with one attached hydrogen (secondary N) is 1. The second-order valence-corrected chi connectivity index (χ2v) is 4.94. The van der Waals surface area contributed by atoms with Gasteiger partial charge < -0.3 is 10.4 Å². The van der Waals surface area contributed by atoms with Gasteiger partial charge in [0.25, 0.3) is 0 Å². The summed E-state index contributed by atoms with van der Waals surface area (Å²) in [5.41, 5.74) is 0.747. The van der Waals surface area contributed by atoms with Gasteiger partial charge >= 0.3 is 5.97 Å². The third-order valence-corrected chi connectivity index (χ3v) is 3.42. The second kappa shape index (κ2) is 6.31. The molecule has 1 aromatic rings. The van der Waals surface area contributed by atoms with Crippen molar-refractivity contribution in [2.45, 2.75) is 33.6 Å². The predicted octanol–water partition coefficient (Wildman–Crippen LogP) is 1.55. The Bertz CT molecular complexity index is 474. The van der Waals surface area contributed by atoms with Crippen LogP contribution in [0.5, 0.6) is 0 Å². The van der Waals surface area contributed by atoms with Crippen molar-refractivity contribution in [3.05, 3.63) is 29.6 Å². The number of hydrogen-bond donors (Lipinski definition) is 2. The first-order valence-corrected chi connectivity index (χ1v) is 6.29. The molecule has 0 radical (unpaired) electrons. The number of pyridine rings is 1. The van der Waals surface area contributed by atoms with Gasteiger partial charge in [-0.3, -0.25) is 14.6 Å². The van der Waals surface area contributed by atoms with E-state index in [1.165, 1.54) is 0 Å². The molecular weight excluding hydrogens is 244 g/mol. The molecule has 1 heterocycles. The lowest BCUT2D eigenvalue weighted by Gasteiger charge is -2.23. The van der Waals surface area contributed by atoms with E-state index in [0.717, 1.165) is 5.56 Å². The molecule has 0 spiro atoms. The first kappa shape index (κ1) is 15.1. The van der Waals surface area contributed by atoms with Crippen molar-refractivity contribution in [2.75, 3.05) is 6.54 Å². The summed E-state index contributed by atoms with van der Waals surface area (Å²) >= 11 is 0. The minimum atomic E-state index is -0.922. The van der Waals surface area contributed by atoms with Gasteiger partial charge in [-0.15, -0.1) is 0 Å². The van der Waals surface area contributed by atoms with E-state index in [4.69, 9.17) is 5.11 Å². The van der Waals surface area contributed by atoms with E-state index in [-0.39, 0.29) is 18.9 Å². The van der Waals surface area contributed by atoms with Crippen molar-refractivity contribution in [2.24, 2.45) is 5.41 Å². The van der Waals surface area contributed by atoms with Crippen LogP contribution in [0.15, 0.2) is 18.3 Å². The molecule has 0 aliphatic rings. The summed E-state index contributed by atoms with van der Waals surface area (Å²) < 4.78 is 0. The predicted molar refractivity (Wildman–Crippen MR) is 71.7 cm³/mol. The highest BCUT2D eigenvalue weighted by atomic mass is 16.4. The Hall–Kier alpha value is -1.91. The van der Waals surface area contributed by atoms with Crippen molar-refractivity contribution in [1.82, 2.24) is 10.3 Å². The Morgan fingerprint density at radius 3 is 2.68 bits per heavy atom. The van der Waals surface area contributed by atoms with E-state index < -0.39 is 11.4 Å². The van der Waals surface area contributed by atoms with Gasteiger partial charge in [-0.05, 0) is 31.9 Å². The van der Waals surface area contributed by atoms with Gasteiger partial charge in [-0.2, -0.15) is 0 Å². The zero-order chi connectivity index (χ0) is 14.5. The van der Waals surface area contributed by atoms with Gasteiger partial charge in [0.2, 0.25) is 5.91 Å². The molecule has 1 unspecified atom stereocenters. The zero-order valence-electron chi connectivity index (χ0n) is 11.6. The number of carbonyl (C=O) groups excluding carboxylic acids is 1. The molecule has 1 atom stereocenters. The summed E-state index contributed by atoms with van der Waals surface area (Å²) in [6.07, 6.45) is 2.28. The van der Waals surface area contributed by atoms with Gasteiger partial charge in [-0.1, -0.05) is 13.0 Å². The van der Waals surface area contributed by atoms with E-state index >= 15 is 0 Å². The average Bonchev–Trinajstić information content (AvgIpc) is 2.38. The van der Waals surface area contributed by atoms with Crippen molar-refractivity contribution in [3.8, 4) is 0 Å². The molecule has 1 rings (SSSR count). The average molecular weight is 264 g/mol. The minimum absolute atomic E-state index is 0.129. The maximum absolute atomic E-state index is 11.8. The molecule has 104 valence electrons. The molecular formula is C14H20N2O3. The Morgan fingerprint density at radius 1 is 1.47 bits per heavy atom. The van der Waals surface area contributed by atoms with Crippen LogP contribution in [0.3, 0.4) is 0 Å². The van der Waals surface area contributed by atoms with E-state index in [1.807, 2.05) is 19.1 Å². The number of amides is 1. The molecule has 0 aromatic carbocycles. The highest BCUT2D eigenvalue weighted by molar-refractivity contribution is 5.80. The number of carboxylic acids is 1. The fourth-order valence-corrected chi connectivity index (χ4v) is 1.56. The van der Waals surface area contributed by atoms with Crippen molar-refractivity contribution in [1.29, 1.82) is 0 Å². The standard InChI is InChI=1S/C14H20N2O3/c1-4-14(3,13(18)19)9-16-12(17)8-11-10(2)6-5-7-15-11/h5-7H,4,8-9H2,1-3H3,(H,16,17)(H,18,19). The number of aliphatic carboxylic acids is 1. The monoisotopic (exact) mass is 264 g/mol. The largest absolute Gasteiger partial charge is 0.481 e. The zero-order valence-corrected chi connectivity index (χ0v) is 11.6. The Labute approximate surface area is 113 Å². The first-order chi connectivity index (χ1) is 8.89. The lowest BCUT2D eigenvalue weighted by Crippen LogP contribution is -2.41. The van der Waals surface area contributed by atoms with Crippen molar-refractivity contribution < 1.29 is 14.7 Å². The van der Waals surface area contributed by atoms with Crippen LogP contribution in [0.2, 0.25) is 0 Å². The number of carbonyl (C=O) groups is 2. The van der Waals surface area contributed by atoms with Crippen LogP contribution in [0.1, 0.15) is 31.5 Å². The number of rotatable bonds is 6. The van der Waals surface area contributed by atoms with Gasteiger partial charge in [0.1, 0.15) is 0 Å². The van der Waals surface area contributed by atoms with Gasteiger partial charge in [0, 0.05) is 12.7 Å². The molecule has 2 N–H and O–H groups in total. The van der Waals surface area contributed by atoms with Gasteiger partial charge in [0.05, 0.1) is 17.5 Å². The third-order valence-electron chi connectivity index (χ3n) is 3.42. The maximum Gasteiger partial charge on any atom is 0.311 e.